The molecule has 2 fully saturated rings. The average Bonchev–Trinajstić information content (AvgIpc) is 2.83. The van der Waals surface area contributed by atoms with Crippen LogP contribution >= 0.6 is 0 Å². The van der Waals surface area contributed by atoms with Gasteiger partial charge in [-0.3, -0.25) is 4.79 Å². The Morgan fingerprint density at radius 1 is 0.857 bits per heavy atom. The van der Waals surface area contributed by atoms with Gasteiger partial charge in [0.2, 0.25) is 5.91 Å². The van der Waals surface area contributed by atoms with Gasteiger partial charge >= 0.3 is 0 Å². The number of para-hydroxylation sites is 2. The van der Waals surface area contributed by atoms with Gasteiger partial charge in [0.25, 0.3) is 0 Å². The van der Waals surface area contributed by atoms with Gasteiger partial charge in [0, 0.05) is 30.0 Å². The summed E-state index contributed by atoms with van der Waals surface area (Å²) in [6.07, 6.45) is 13.6. The number of nitrogens with one attached hydrogen (secondary N) is 1. The average molecular weight is 589 g/mol. The van der Waals surface area contributed by atoms with Crippen LogP contribution in [0.15, 0.2) is 48.5 Å². The van der Waals surface area contributed by atoms with E-state index in [0.717, 1.165) is 41.4 Å². The van der Waals surface area contributed by atoms with Crippen LogP contribution in [0.2, 0.25) is 0 Å². The number of carbonyl (C=O) groups is 1. The molecule has 5 heteroatoms. The maximum atomic E-state index is 13.6. The van der Waals surface area contributed by atoms with Crippen molar-refractivity contribution < 1.29 is 38.0 Å². The third kappa shape index (κ3) is 6.40. The van der Waals surface area contributed by atoms with Crippen molar-refractivity contribution in [3.63, 3.8) is 0 Å². The van der Waals surface area contributed by atoms with Crippen LogP contribution in [0.5, 0.6) is 11.5 Å². The molecule has 1 amide bonds. The van der Waals surface area contributed by atoms with E-state index in [4.69, 9.17) is 4.74 Å². The molecule has 2 aromatic carbocycles. The third-order valence-corrected chi connectivity index (χ3v) is 8.63. The van der Waals surface area contributed by atoms with E-state index in [0.29, 0.717) is 0 Å². The summed E-state index contributed by atoms with van der Waals surface area (Å²) in [7, 11) is 2.44. The van der Waals surface area contributed by atoms with Crippen molar-refractivity contribution in [2.75, 3.05) is 26.7 Å². The number of rotatable bonds is 5. The molecule has 2 aromatic rings. The van der Waals surface area contributed by atoms with Gasteiger partial charge in [-0.2, -0.15) is 0 Å². The number of quaternary nitrogens is 1. The lowest BCUT2D eigenvalue weighted by Crippen LogP contribution is -3.00. The van der Waals surface area contributed by atoms with Gasteiger partial charge < -0.3 is 38.5 Å². The summed E-state index contributed by atoms with van der Waals surface area (Å²) in [5, 5.41) is 3.42. The number of ether oxygens (including phenoxy) is 1. The first-order chi connectivity index (χ1) is 16.6. The van der Waals surface area contributed by atoms with Crippen LogP contribution in [0.4, 0.5) is 0 Å². The molecule has 0 unspecified atom stereocenters. The summed E-state index contributed by atoms with van der Waals surface area (Å²) in [6, 6.07) is 16.2. The Bertz CT molecular complexity index is 932. The van der Waals surface area contributed by atoms with Crippen molar-refractivity contribution in [2.45, 2.75) is 76.2 Å². The minimum Gasteiger partial charge on any atom is -1.00 e. The Labute approximate surface area is 228 Å². The minimum atomic E-state index is -0.303. The minimum absolute atomic E-state index is 0. The highest BCUT2D eigenvalue weighted by atomic mass is 127. The fourth-order valence-electron chi connectivity index (χ4n) is 6.36. The van der Waals surface area contributed by atoms with E-state index in [-0.39, 0.29) is 41.8 Å². The smallest absolute Gasteiger partial charge is 0.232 e. The predicted molar refractivity (Wildman–Crippen MR) is 137 cm³/mol. The molecule has 2 aliphatic heterocycles. The topological polar surface area (TPSA) is 38.3 Å². The van der Waals surface area contributed by atoms with E-state index in [1.807, 2.05) is 48.5 Å². The lowest BCUT2D eigenvalue weighted by atomic mass is 9.86. The van der Waals surface area contributed by atoms with Crippen LogP contribution in [0.25, 0.3) is 0 Å². The molecule has 4 nitrogen and oxygen atoms in total. The first kappa shape index (κ1) is 26.5. The van der Waals surface area contributed by atoms with Crippen LogP contribution in [0.1, 0.15) is 81.3 Å². The van der Waals surface area contributed by atoms with Gasteiger partial charge in [0.1, 0.15) is 11.5 Å². The largest absolute Gasteiger partial charge is 1.00 e. The number of fused-ring (bicyclic) bond motifs is 2. The van der Waals surface area contributed by atoms with E-state index in [2.05, 4.69) is 12.4 Å². The summed E-state index contributed by atoms with van der Waals surface area (Å²) in [4.78, 5) is 13.6. The number of likely N-dealkylation sites (tertiary alicyclic amines) is 1. The summed E-state index contributed by atoms with van der Waals surface area (Å²) >= 11 is 0. The molecule has 0 radical (unpaired) electrons. The molecule has 2 heterocycles. The molecule has 190 valence electrons. The lowest BCUT2D eigenvalue weighted by Gasteiger charge is -2.42. The van der Waals surface area contributed by atoms with Gasteiger partial charge in [0.05, 0.1) is 32.6 Å². The zero-order valence-corrected chi connectivity index (χ0v) is 23.3. The van der Waals surface area contributed by atoms with Crippen molar-refractivity contribution in [1.82, 2.24) is 5.32 Å². The second kappa shape index (κ2) is 12.1. The van der Waals surface area contributed by atoms with Crippen LogP contribution in [0, 0.1) is 5.92 Å². The van der Waals surface area contributed by atoms with Gasteiger partial charge in [-0.15, -0.1) is 0 Å². The third-order valence-electron chi connectivity index (χ3n) is 8.63. The van der Waals surface area contributed by atoms with Gasteiger partial charge in [-0.1, -0.05) is 81.3 Å². The maximum Gasteiger partial charge on any atom is 0.232 e. The normalized spacial score (nSPS) is 25.1. The molecule has 3 aliphatic rings. The highest BCUT2D eigenvalue weighted by molar-refractivity contribution is 5.89. The molecule has 0 aromatic heterocycles. The summed E-state index contributed by atoms with van der Waals surface area (Å²) in [5.74, 6) is 2.33. The molecule has 1 aliphatic carbocycles. The van der Waals surface area contributed by atoms with Gasteiger partial charge in [-0.05, 0) is 24.5 Å². The Morgan fingerprint density at radius 3 is 2.00 bits per heavy atom. The van der Waals surface area contributed by atoms with Gasteiger partial charge in [0.15, 0.2) is 0 Å². The Morgan fingerprint density at radius 2 is 1.40 bits per heavy atom. The maximum absolute atomic E-state index is 13.6. The molecule has 0 atom stereocenters. The summed E-state index contributed by atoms with van der Waals surface area (Å²) in [5.41, 5.74) is 1.93. The van der Waals surface area contributed by atoms with Crippen LogP contribution in [0.3, 0.4) is 0 Å². The Hall–Kier alpha value is -1.60. The Balaban J connectivity index is 0.00000289. The highest BCUT2D eigenvalue weighted by Crippen LogP contribution is 2.44. The number of piperidine rings is 1. The number of halogens is 1. The SMILES string of the molecule is C[N+]1(CCC2CCCCCCC2)CCC(NC(=O)C2c3ccccc3Oc3ccccc32)CC1.[I-]. The number of carbonyl (C=O) groups excluding carboxylic acids is 1. The highest BCUT2D eigenvalue weighted by Gasteiger charge is 2.36. The fourth-order valence-corrected chi connectivity index (χ4v) is 6.36. The first-order valence-electron chi connectivity index (χ1n) is 13.6. The quantitative estimate of drug-likeness (QED) is 0.430. The van der Waals surface area contributed by atoms with E-state index in [9.17, 15) is 4.79 Å². The van der Waals surface area contributed by atoms with Crippen molar-refractivity contribution >= 4 is 5.91 Å². The summed E-state index contributed by atoms with van der Waals surface area (Å²) in [6.45, 7) is 3.63. The van der Waals surface area contributed by atoms with Crippen LogP contribution in [-0.4, -0.2) is 43.1 Å². The zero-order valence-electron chi connectivity index (χ0n) is 21.2. The van der Waals surface area contributed by atoms with Crippen molar-refractivity contribution in [2.24, 2.45) is 5.92 Å². The molecular weight excluding hydrogens is 547 g/mol. The molecule has 1 N–H and O–H groups in total. The van der Waals surface area contributed by atoms with E-state index in [1.165, 1.54) is 75.5 Å². The second-order valence-electron chi connectivity index (χ2n) is 11.2. The molecule has 1 saturated heterocycles. The van der Waals surface area contributed by atoms with Crippen LogP contribution < -0.4 is 34.0 Å². The molecule has 0 bridgehead atoms. The van der Waals surface area contributed by atoms with E-state index >= 15 is 0 Å². The van der Waals surface area contributed by atoms with E-state index in [1.54, 1.807) is 0 Å². The molecule has 35 heavy (non-hydrogen) atoms. The number of benzene rings is 2. The predicted octanol–water partition coefficient (Wildman–Crippen LogP) is 3.40. The molecule has 0 spiro atoms. The zero-order chi connectivity index (χ0) is 23.4. The Kier molecular flexibility index (Phi) is 9.14. The number of nitrogens with zero attached hydrogens (tertiary/aromatic N) is 1. The second-order valence-corrected chi connectivity index (χ2v) is 11.2. The van der Waals surface area contributed by atoms with Crippen LogP contribution in [-0.2, 0) is 4.79 Å². The van der Waals surface area contributed by atoms with Crippen molar-refractivity contribution in [3.05, 3.63) is 59.7 Å². The number of amides is 1. The van der Waals surface area contributed by atoms with Gasteiger partial charge in [-0.25, -0.2) is 0 Å². The molecular formula is C30H41IN2O2. The lowest BCUT2D eigenvalue weighted by molar-refractivity contribution is -0.914. The van der Waals surface area contributed by atoms with E-state index < -0.39 is 0 Å². The van der Waals surface area contributed by atoms with Crippen molar-refractivity contribution in [3.8, 4) is 11.5 Å². The van der Waals surface area contributed by atoms with Crippen molar-refractivity contribution in [1.29, 1.82) is 0 Å². The number of hydrogen-bond acceptors (Lipinski definition) is 2. The summed E-state index contributed by atoms with van der Waals surface area (Å²) < 4.78 is 7.26. The molecule has 5 rings (SSSR count). The standard InChI is InChI=1S/C30H40N2O2.HI/c1-32(20-17-23-11-5-3-2-4-6-12-23)21-18-24(19-22-32)31-30(33)29-25-13-7-9-15-27(25)34-28-16-10-8-14-26(28)29;/h7-10,13-16,23-24,29H,2-6,11-12,17-22H2,1H3;1H. The molecule has 1 saturated carbocycles. The number of hydrogen-bond donors (Lipinski definition) is 1. The first-order valence-corrected chi connectivity index (χ1v) is 13.6. The fraction of sp³-hybridized carbons (Fsp3) is 0.567. The monoisotopic (exact) mass is 588 g/mol.